The Morgan fingerprint density at radius 1 is 1.33 bits per heavy atom. The average Bonchev–Trinajstić information content (AvgIpc) is 2.46. The Labute approximate surface area is 74.4 Å². The summed E-state index contributed by atoms with van der Waals surface area (Å²) in [4.78, 5) is 0.835. The SMILES string of the molecule is ONc1cc2ccc(S)cc2o1. The van der Waals surface area contributed by atoms with Crippen molar-refractivity contribution in [3.8, 4) is 0 Å². The van der Waals surface area contributed by atoms with Crippen molar-refractivity contribution in [1.29, 1.82) is 0 Å². The summed E-state index contributed by atoms with van der Waals surface area (Å²) < 4.78 is 5.19. The molecule has 0 fully saturated rings. The van der Waals surface area contributed by atoms with Gasteiger partial charge >= 0.3 is 0 Å². The molecule has 12 heavy (non-hydrogen) atoms. The van der Waals surface area contributed by atoms with Crippen molar-refractivity contribution < 1.29 is 9.62 Å². The van der Waals surface area contributed by atoms with E-state index in [0.717, 1.165) is 10.3 Å². The van der Waals surface area contributed by atoms with Crippen LogP contribution in [0.5, 0.6) is 0 Å². The van der Waals surface area contributed by atoms with Crippen molar-refractivity contribution >= 4 is 29.5 Å². The molecule has 0 spiro atoms. The summed E-state index contributed by atoms with van der Waals surface area (Å²) in [5, 5.41) is 9.48. The molecule has 0 aliphatic carbocycles. The van der Waals surface area contributed by atoms with Crippen molar-refractivity contribution in [2.24, 2.45) is 0 Å². The first kappa shape index (κ1) is 7.52. The van der Waals surface area contributed by atoms with Crippen LogP contribution in [0.4, 0.5) is 5.88 Å². The van der Waals surface area contributed by atoms with Crippen LogP contribution in [-0.4, -0.2) is 5.21 Å². The Bertz CT molecular complexity index is 410. The van der Waals surface area contributed by atoms with Gasteiger partial charge in [-0.3, -0.25) is 5.21 Å². The first-order valence-electron chi connectivity index (χ1n) is 3.42. The molecule has 1 aromatic heterocycles. The van der Waals surface area contributed by atoms with Gasteiger partial charge in [0.15, 0.2) is 0 Å². The third-order valence-electron chi connectivity index (χ3n) is 1.61. The van der Waals surface area contributed by atoms with E-state index < -0.39 is 0 Å². The van der Waals surface area contributed by atoms with Gasteiger partial charge in [-0.2, -0.15) is 0 Å². The van der Waals surface area contributed by atoms with E-state index in [-0.39, 0.29) is 0 Å². The Hall–Kier alpha value is -1.13. The van der Waals surface area contributed by atoms with Crippen molar-refractivity contribution in [3.05, 3.63) is 24.3 Å². The van der Waals surface area contributed by atoms with Gasteiger partial charge in [-0.15, -0.1) is 12.6 Å². The van der Waals surface area contributed by atoms with Gasteiger partial charge in [0.2, 0.25) is 5.88 Å². The highest BCUT2D eigenvalue weighted by molar-refractivity contribution is 7.80. The number of thiol groups is 1. The Morgan fingerprint density at radius 3 is 2.92 bits per heavy atom. The molecule has 1 heterocycles. The van der Waals surface area contributed by atoms with Crippen LogP contribution in [-0.2, 0) is 0 Å². The predicted molar refractivity (Wildman–Crippen MR) is 48.9 cm³/mol. The molecule has 0 aliphatic heterocycles. The number of hydrogen-bond donors (Lipinski definition) is 3. The van der Waals surface area contributed by atoms with Crippen LogP contribution in [0, 0.1) is 0 Å². The largest absolute Gasteiger partial charge is 0.439 e. The molecular weight excluding hydrogens is 174 g/mol. The monoisotopic (exact) mass is 181 g/mol. The fourth-order valence-corrected chi connectivity index (χ4v) is 1.27. The summed E-state index contributed by atoms with van der Waals surface area (Å²) >= 11 is 4.16. The third kappa shape index (κ3) is 1.15. The molecule has 1 aromatic carbocycles. The zero-order valence-electron chi connectivity index (χ0n) is 6.11. The summed E-state index contributed by atoms with van der Waals surface area (Å²) in [5.74, 6) is 0.337. The molecule has 2 rings (SSSR count). The van der Waals surface area contributed by atoms with E-state index in [1.54, 1.807) is 12.1 Å². The molecule has 0 saturated carbocycles. The molecule has 2 aromatic rings. The lowest BCUT2D eigenvalue weighted by Gasteiger charge is -1.89. The minimum absolute atomic E-state index is 0.337. The molecule has 0 atom stereocenters. The Kier molecular flexibility index (Phi) is 1.71. The van der Waals surface area contributed by atoms with Crippen molar-refractivity contribution in [2.75, 3.05) is 5.48 Å². The van der Waals surface area contributed by atoms with Crippen LogP contribution in [0.2, 0.25) is 0 Å². The number of anilines is 1. The summed E-state index contributed by atoms with van der Waals surface area (Å²) in [7, 11) is 0. The lowest BCUT2D eigenvalue weighted by Crippen LogP contribution is -1.83. The van der Waals surface area contributed by atoms with E-state index in [1.807, 2.05) is 17.6 Å². The maximum atomic E-state index is 8.55. The molecular formula is C8H7NO2S. The second-order valence-electron chi connectivity index (χ2n) is 2.44. The van der Waals surface area contributed by atoms with Crippen LogP contribution in [0.1, 0.15) is 0 Å². The summed E-state index contributed by atoms with van der Waals surface area (Å²) in [6, 6.07) is 7.24. The van der Waals surface area contributed by atoms with Crippen LogP contribution >= 0.6 is 12.6 Å². The van der Waals surface area contributed by atoms with Gasteiger partial charge in [-0.25, -0.2) is 5.48 Å². The van der Waals surface area contributed by atoms with E-state index in [1.165, 1.54) is 0 Å². The first-order chi connectivity index (χ1) is 5.79. The van der Waals surface area contributed by atoms with Gasteiger partial charge in [-0.1, -0.05) is 0 Å². The second kappa shape index (κ2) is 2.73. The van der Waals surface area contributed by atoms with Gasteiger partial charge in [0.05, 0.1) is 0 Å². The van der Waals surface area contributed by atoms with Gasteiger partial charge in [0, 0.05) is 16.3 Å². The van der Waals surface area contributed by atoms with Gasteiger partial charge < -0.3 is 4.42 Å². The minimum Gasteiger partial charge on any atom is -0.439 e. The molecule has 0 saturated heterocycles. The van der Waals surface area contributed by atoms with Crippen LogP contribution in [0.15, 0.2) is 33.6 Å². The van der Waals surface area contributed by atoms with Gasteiger partial charge in [0.1, 0.15) is 5.58 Å². The highest BCUT2D eigenvalue weighted by Crippen LogP contribution is 2.24. The van der Waals surface area contributed by atoms with Crippen molar-refractivity contribution in [2.45, 2.75) is 4.90 Å². The number of rotatable bonds is 1. The molecule has 4 heteroatoms. The van der Waals surface area contributed by atoms with Crippen LogP contribution in [0.3, 0.4) is 0 Å². The molecule has 0 radical (unpaired) electrons. The van der Waals surface area contributed by atoms with Crippen LogP contribution < -0.4 is 5.48 Å². The quantitative estimate of drug-likeness (QED) is 0.468. The fraction of sp³-hybridized carbons (Fsp3) is 0. The van der Waals surface area contributed by atoms with Gasteiger partial charge in [-0.05, 0) is 18.2 Å². The van der Waals surface area contributed by atoms with Gasteiger partial charge in [0.25, 0.3) is 0 Å². The highest BCUT2D eigenvalue weighted by atomic mass is 32.1. The Balaban J connectivity index is 2.67. The lowest BCUT2D eigenvalue weighted by molar-refractivity contribution is 0.366. The Morgan fingerprint density at radius 2 is 2.17 bits per heavy atom. The third-order valence-corrected chi connectivity index (χ3v) is 1.89. The second-order valence-corrected chi connectivity index (χ2v) is 2.96. The number of hydrogen-bond acceptors (Lipinski definition) is 4. The summed E-state index contributed by atoms with van der Waals surface area (Å²) in [6.45, 7) is 0. The number of fused-ring (bicyclic) bond motifs is 1. The fourth-order valence-electron chi connectivity index (χ4n) is 1.07. The topological polar surface area (TPSA) is 45.4 Å². The smallest absolute Gasteiger partial charge is 0.217 e. The molecule has 0 unspecified atom stereocenters. The predicted octanol–water partition coefficient (Wildman–Crippen LogP) is 2.52. The van der Waals surface area contributed by atoms with Crippen LogP contribution in [0.25, 0.3) is 11.0 Å². The highest BCUT2D eigenvalue weighted by Gasteiger charge is 2.01. The molecule has 0 amide bonds. The lowest BCUT2D eigenvalue weighted by atomic mass is 10.3. The van der Waals surface area contributed by atoms with Crippen molar-refractivity contribution in [3.63, 3.8) is 0 Å². The van der Waals surface area contributed by atoms with Crippen molar-refractivity contribution in [1.82, 2.24) is 0 Å². The number of nitrogens with one attached hydrogen (secondary N) is 1. The normalized spacial score (nSPS) is 10.5. The molecule has 62 valence electrons. The first-order valence-corrected chi connectivity index (χ1v) is 3.87. The standard InChI is InChI=1S/C8H7NO2S/c10-9-8-3-5-1-2-6(12)4-7(5)11-8/h1-4,9-10,12H. The van der Waals surface area contributed by atoms with E-state index in [2.05, 4.69) is 12.6 Å². The zero-order chi connectivity index (χ0) is 8.55. The number of benzene rings is 1. The molecule has 0 bridgehead atoms. The van der Waals surface area contributed by atoms with E-state index in [9.17, 15) is 0 Å². The number of furan rings is 1. The van der Waals surface area contributed by atoms with E-state index >= 15 is 0 Å². The minimum atomic E-state index is 0.337. The summed E-state index contributed by atoms with van der Waals surface area (Å²) in [6.07, 6.45) is 0. The zero-order valence-corrected chi connectivity index (χ0v) is 7.01. The maximum Gasteiger partial charge on any atom is 0.217 e. The van der Waals surface area contributed by atoms with E-state index in [4.69, 9.17) is 9.62 Å². The average molecular weight is 181 g/mol. The molecule has 3 nitrogen and oxygen atoms in total. The maximum absolute atomic E-state index is 8.55. The summed E-state index contributed by atoms with van der Waals surface area (Å²) in [5.41, 5.74) is 2.65. The van der Waals surface area contributed by atoms with E-state index in [0.29, 0.717) is 11.5 Å². The molecule has 2 N–H and O–H groups in total. The molecule has 0 aliphatic rings.